The molecule has 0 aromatic heterocycles. The van der Waals surface area contributed by atoms with Crippen LogP contribution in [-0.4, -0.2) is 50.4 Å². The highest BCUT2D eigenvalue weighted by molar-refractivity contribution is 5.94. The number of aliphatic hydroxyl groups is 2. The summed E-state index contributed by atoms with van der Waals surface area (Å²) in [5.41, 5.74) is 1.35. The van der Waals surface area contributed by atoms with Crippen molar-refractivity contribution in [3.8, 4) is 0 Å². The van der Waals surface area contributed by atoms with Crippen LogP contribution in [0.4, 0.5) is 0 Å². The van der Waals surface area contributed by atoms with E-state index in [-0.39, 0.29) is 23.4 Å². The molecule has 3 aliphatic rings. The highest BCUT2D eigenvalue weighted by atomic mass is 16.3. The fraction of sp³-hybridized carbons (Fsp3) is 0.389. The first-order valence-corrected chi connectivity index (χ1v) is 8.36. The zero-order valence-electron chi connectivity index (χ0n) is 13.4. The maximum Gasteiger partial charge on any atom is 0.276 e. The highest BCUT2D eigenvalue weighted by Gasteiger charge is 2.42. The molecule has 3 heterocycles. The van der Waals surface area contributed by atoms with Gasteiger partial charge in [-0.1, -0.05) is 30.3 Å². The highest BCUT2D eigenvalue weighted by Crippen LogP contribution is 2.37. The number of carbonyl (C=O) groups is 1. The molecular weight excluding hydrogens is 306 g/mol. The Bertz CT molecular complexity index is 701. The van der Waals surface area contributed by atoms with Crippen LogP contribution in [0.15, 0.2) is 54.1 Å². The lowest BCUT2D eigenvalue weighted by atomic mass is 9.98. The molecule has 126 valence electrons. The van der Waals surface area contributed by atoms with Gasteiger partial charge in [0.2, 0.25) is 0 Å². The van der Waals surface area contributed by atoms with Crippen molar-refractivity contribution in [1.29, 1.82) is 0 Å². The summed E-state index contributed by atoms with van der Waals surface area (Å²) in [4.78, 5) is 14.5. The number of hydrogen-bond acceptors (Lipinski definition) is 5. The van der Waals surface area contributed by atoms with Gasteiger partial charge in [0.15, 0.2) is 11.5 Å². The van der Waals surface area contributed by atoms with Crippen LogP contribution in [0, 0.1) is 0 Å². The Labute approximate surface area is 140 Å². The summed E-state index contributed by atoms with van der Waals surface area (Å²) < 4.78 is 0. The average molecular weight is 327 g/mol. The van der Waals surface area contributed by atoms with Gasteiger partial charge >= 0.3 is 0 Å². The van der Waals surface area contributed by atoms with Gasteiger partial charge in [0, 0.05) is 12.7 Å². The predicted molar refractivity (Wildman–Crippen MR) is 88.1 cm³/mol. The lowest BCUT2D eigenvalue weighted by Crippen LogP contribution is -2.59. The summed E-state index contributed by atoms with van der Waals surface area (Å²) in [5, 5.41) is 24.0. The number of hydrazine groups is 1. The van der Waals surface area contributed by atoms with Gasteiger partial charge in [0.05, 0.1) is 12.7 Å². The van der Waals surface area contributed by atoms with Crippen LogP contribution in [0.1, 0.15) is 30.9 Å². The van der Waals surface area contributed by atoms with Crippen LogP contribution in [0.5, 0.6) is 0 Å². The first-order valence-electron chi connectivity index (χ1n) is 8.36. The van der Waals surface area contributed by atoms with Gasteiger partial charge in [-0.05, 0) is 30.9 Å². The Morgan fingerprint density at radius 3 is 2.71 bits per heavy atom. The molecule has 0 spiro atoms. The van der Waals surface area contributed by atoms with E-state index < -0.39 is 6.10 Å². The molecule has 3 aliphatic heterocycles. The summed E-state index contributed by atoms with van der Waals surface area (Å²) >= 11 is 0. The molecular formula is C18H21N3O3. The Hall–Kier alpha value is -2.31. The number of aliphatic hydroxyl groups excluding tert-OH is 2. The zero-order valence-corrected chi connectivity index (χ0v) is 13.4. The van der Waals surface area contributed by atoms with Crippen molar-refractivity contribution in [2.75, 3.05) is 13.2 Å². The maximum absolute atomic E-state index is 12.7. The summed E-state index contributed by atoms with van der Waals surface area (Å²) in [6.07, 6.45) is 5.02. The predicted octanol–water partition coefficient (Wildman–Crippen LogP) is 1.89. The zero-order chi connectivity index (χ0) is 16.7. The van der Waals surface area contributed by atoms with Gasteiger partial charge in [-0.2, -0.15) is 5.01 Å². The molecule has 6 nitrogen and oxygen atoms in total. The average Bonchev–Trinajstić information content (AvgIpc) is 2.58. The third kappa shape index (κ3) is 2.39. The lowest BCUT2D eigenvalue weighted by Gasteiger charge is -2.50. The quantitative estimate of drug-likeness (QED) is 0.824. The first kappa shape index (κ1) is 15.2. The summed E-state index contributed by atoms with van der Waals surface area (Å²) in [7, 11) is 0. The van der Waals surface area contributed by atoms with Crippen molar-refractivity contribution >= 4 is 5.91 Å². The van der Waals surface area contributed by atoms with Gasteiger partial charge in [0.25, 0.3) is 5.91 Å². The topological polar surface area (TPSA) is 67.2 Å². The molecule has 4 rings (SSSR count). The minimum atomic E-state index is -1.12. The number of amides is 1. The molecule has 2 bridgehead atoms. The number of nitrogens with zero attached hydrogens (tertiary/aromatic N) is 3. The van der Waals surface area contributed by atoms with Crippen LogP contribution in [0.2, 0.25) is 0 Å². The molecule has 0 saturated carbocycles. The third-order valence-corrected chi connectivity index (χ3v) is 4.94. The van der Waals surface area contributed by atoms with E-state index in [1.54, 1.807) is 16.1 Å². The summed E-state index contributed by atoms with van der Waals surface area (Å²) in [6.45, 7) is 1.15. The second-order valence-corrected chi connectivity index (χ2v) is 6.44. The Kier molecular flexibility index (Phi) is 3.78. The summed E-state index contributed by atoms with van der Waals surface area (Å²) in [6, 6.07) is 10.3. The van der Waals surface area contributed by atoms with Crippen molar-refractivity contribution in [2.24, 2.45) is 0 Å². The van der Waals surface area contributed by atoms with Gasteiger partial charge in [-0.3, -0.25) is 9.80 Å². The van der Waals surface area contributed by atoms with Crippen molar-refractivity contribution in [1.82, 2.24) is 14.9 Å². The lowest BCUT2D eigenvalue weighted by molar-refractivity contribution is -0.154. The smallest absolute Gasteiger partial charge is 0.276 e. The molecule has 2 N–H and O–H groups in total. The second kappa shape index (κ2) is 5.96. The van der Waals surface area contributed by atoms with E-state index in [1.165, 1.54) is 11.6 Å². The van der Waals surface area contributed by atoms with Crippen LogP contribution in [-0.2, 0) is 4.79 Å². The first-order chi connectivity index (χ1) is 11.7. The fourth-order valence-corrected chi connectivity index (χ4v) is 3.69. The van der Waals surface area contributed by atoms with Gasteiger partial charge < -0.3 is 15.1 Å². The van der Waals surface area contributed by atoms with E-state index in [4.69, 9.17) is 0 Å². The number of benzene rings is 1. The largest absolute Gasteiger partial charge is 0.507 e. The molecule has 3 atom stereocenters. The van der Waals surface area contributed by atoms with E-state index in [2.05, 4.69) is 17.1 Å². The fourth-order valence-electron chi connectivity index (χ4n) is 3.69. The molecule has 6 heteroatoms. The molecule has 2 saturated heterocycles. The second-order valence-electron chi connectivity index (χ2n) is 6.44. The molecule has 0 aliphatic carbocycles. The molecule has 1 aromatic rings. The number of carbonyl (C=O) groups excluding carboxylic acids is 1. The van der Waals surface area contributed by atoms with Crippen LogP contribution in [0.3, 0.4) is 0 Å². The number of rotatable bonds is 1. The SMILES string of the molecule is O=C1C2=C(O)C(O)C=CN2N2CN1CCCCC2c1ccccc1. The number of hydrogen-bond donors (Lipinski definition) is 2. The minimum Gasteiger partial charge on any atom is -0.507 e. The number of fused-ring (bicyclic) bond motifs is 4. The van der Waals surface area contributed by atoms with E-state index in [9.17, 15) is 15.0 Å². The monoisotopic (exact) mass is 327 g/mol. The molecule has 0 radical (unpaired) electrons. The standard InChI is InChI=1S/C18H21N3O3/c22-15-9-11-20-16(17(15)23)18(24)19-10-5-4-8-14(21(20)12-19)13-6-2-1-3-7-13/h1-3,6-7,9,11,14-15,22-23H,4-5,8,10,12H2. The minimum absolute atomic E-state index is 0.116. The summed E-state index contributed by atoms with van der Waals surface area (Å²) in [5.74, 6) is -0.495. The van der Waals surface area contributed by atoms with Crippen LogP contribution in [0.25, 0.3) is 0 Å². The molecule has 2 fully saturated rings. The third-order valence-electron chi connectivity index (χ3n) is 4.94. The van der Waals surface area contributed by atoms with Crippen molar-refractivity contribution < 1.29 is 15.0 Å². The molecule has 1 aromatic carbocycles. The Morgan fingerprint density at radius 1 is 1.12 bits per heavy atom. The van der Waals surface area contributed by atoms with E-state index in [0.717, 1.165) is 19.3 Å². The Balaban J connectivity index is 1.78. The van der Waals surface area contributed by atoms with Gasteiger partial charge in [-0.25, -0.2) is 0 Å². The van der Waals surface area contributed by atoms with Gasteiger partial charge in [-0.15, -0.1) is 0 Å². The Morgan fingerprint density at radius 2 is 1.92 bits per heavy atom. The molecule has 3 unspecified atom stereocenters. The molecule has 1 amide bonds. The van der Waals surface area contributed by atoms with E-state index in [1.807, 2.05) is 18.2 Å². The van der Waals surface area contributed by atoms with E-state index in [0.29, 0.717) is 13.2 Å². The van der Waals surface area contributed by atoms with Crippen molar-refractivity contribution in [3.05, 3.63) is 59.6 Å². The van der Waals surface area contributed by atoms with Crippen molar-refractivity contribution in [3.63, 3.8) is 0 Å². The van der Waals surface area contributed by atoms with E-state index >= 15 is 0 Å². The molecule has 24 heavy (non-hydrogen) atoms. The van der Waals surface area contributed by atoms with Gasteiger partial charge in [0.1, 0.15) is 6.10 Å². The maximum atomic E-state index is 12.7. The van der Waals surface area contributed by atoms with Crippen LogP contribution < -0.4 is 0 Å². The van der Waals surface area contributed by atoms with Crippen molar-refractivity contribution in [2.45, 2.75) is 31.4 Å². The normalized spacial score (nSPS) is 30.0. The van der Waals surface area contributed by atoms with Crippen LogP contribution >= 0.6 is 0 Å².